The molecule has 0 aliphatic carbocycles. The summed E-state index contributed by atoms with van der Waals surface area (Å²) in [5.41, 5.74) is 1.32. The molecule has 0 saturated heterocycles. The van der Waals surface area contributed by atoms with E-state index in [2.05, 4.69) is 41.3 Å². The van der Waals surface area contributed by atoms with Crippen LogP contribution in [0.25, 0.3) is 10.8 Å². The standard InChI is InChI=1S/C16H18N4O/c1-12(2)13-3-4-16(15-11-17-6-5-14(13)15)21-10-9-20-8-7-18-19-20/h3-8,11-12H,9-10H2,1-2H3. The van der Waals surface area contributed by atoms with Gasteiger partial charge in [-0.15, -0.1) is 5.10 Å². The molecule has 0 amide bonds. The molecule has 21 heavy (non-hydrogen) atoms. The molecule has 0 atom stereocenters. The molecule has 0 unspecified atom stereocenters. The van der Waals surface area contributed by atoms with Crippen LogP contribution in [0.3, 0.4) is 0 Å². The highest BCUT2D eigenvalue weighted by atomic mass is 16.5. The Bertz CT molecular complexity index is 722. The summed E-state index contributed by atoms with van der Waals surface area (Å²) in [7, 11) is 0. The van der Waals surface area contributed by atoms with Crippen LogP contribution >= 0.6 is 0 Å². The van der Waals surface area contributed by atoms with Crippen molar-refractivity contribution in [2.75, 3.05) is 6.61 Å². The average molecular weight is 282 g/mol. The molecule has 0 bridgehead atoms. The second kappa shape index (κ2) is 5.91. The van der Waals surface area contributed by atoms with Crippen LogP contribution in [-0.2, 0) is 6.54 Å². The van der Waals surface area contributed by atoms with Gasteiger partial charge in [0.05, 0.1) is 12.7 Å². The van der Waals surface area contributed by atoms with Gasteiger partial charge in [-0.05, 0) is 29.0 Å². The molecule has 0 fully saturated rings. The second-order valence-corrected chi connectivity index (χ2v) is 5.24. The molecule has 0 aliphatic rings. The van der Waals surface area contributed by atoms with E-state index in [1.807, 2.05) is 24.7 Å². The van der Waals surface area contributed by atoms with E-state index in [9.17, 15) is 0 Å². The maximum absolute atomic E-state index is 5.90. The molecule has 5 nitrogen and oxygen atoms in total. The van der Waals surface area contributed by atoms with Crippen molar-refractivity contribution in [1.82, 2.24) is 20.0 Å². The predicted octanol–water partition coefficient (Wildman–Crippen LogP) is 3.03. The Labute approximate surface area is 123 Å². The molecule has 0 radical (unpaired) electrons. The van der Waals surface area contributed by atoms with Gasteiger partial charge in [0, 0.05) is 24.0 Å². The van der Waals surface area contributed by atoms with Gasteiger partial charge in [0.2, 0.25) is 0 Å². The van der Waals surface area contributed by atoms with E-state index < -0.39 is 0 Å². The van der Waals surface area contributed by atoms with E-state index in [1.54, 1.807) is 10.9 Å². The number of benzene rings is 1. The summed E-state index contributed by atoms with van der Waals surface area (Å²) in [4.78, 5) is 4.22. The lowest BCUT2D eigenvalue weighted by molar-refractivity contribution is 0.293. The molecular formula is C16H18N4O. The van der Waals surface area contributed by atoms with Crippen LogP contribution in [0.2, 0.25) is 0 Å². The lowest BCUT2D eigenvalue weighted by Crippen LogP contribution is -2.09. The van der Waals surface area contributed by atoms with Gasteiger partial charge < -0.3 is 4.74 Å². The minimum absolute atomic E-state index is 0.471. The van der Waals surface area contributed by atoms with Crippen LogP contribution in [0.15, 0.2) is 43.0 Å². The van der Waals surface area contributed by atoms with Crippen LogP contribution in [0.1, 0.15) is 25.3 Å². The van der Waals surface area contributed by atoms with Gasteiger partial charge in [0.1, 0.15) is 12.4 Å². The Morgan fingerprint density at radius 2 is 2.05 bits per heavy atom. The van der Waals surface area contributed by atoms with E-state index in [0.717, 1.165) is 11.1 Å². The third-order valence-electron chi connectivity index (χ3n) is 3.48. The molecule has 2 heterocycles. The van der Waals surface area contributed by atoms with Crippen molar-refractivity contribution in [3.05, 3.63) is 48.5 Å². The average Bonchev–Trinajstić information content (AvgIpc) is 3.00. The molecule has 0 N–H and O–H groups in total. The monoisotopic (exact) mass is 282 g/mol. The molecule has 0 aliphatic heterocycles. The number of ether oxygens (including phenoxy) is 1. The number of hydrogen-bond acceptors (Lipinski definition) is 4. The fourth-order valence-corrected chi connectivity index (χ4v) is 2.42. The quantitative estimate of drug-likeness (QED) is 0.722. The number of nitrogens with zero attached hydrogens (tertiary/aromatic N) is 4. The van der Waals surface area contributed by atoms with Crippen molar-refractivity contribution in [3.8, 4) is 5.75 Å². The topological polar surface area (TPSA) is 52.8 Å². The zero-order chi connectivity index (χ0) is 14.7. The first-order valence-corrected chi connectivity index (χ1v) is 7.09. The summed E-state index contributed by atoms with van der Waals surface area (Å²) in [5, 5.41) is 9.96. The van der Waals surface area contributed by atoms with Crippen molar-refractivity contribution in [3.63, 3.8) is 0 Å². The maximum atomic E-state index is 5.90. The fraction of sp³-hybridized carbons (Fsp3) is 0.312. The van der Waals surface area contributed by atoms with E-state index in [1.165, 1.54) is 10.9 Å². The van der Waals surface area contributed by atoms with Gasteiger partial charge in [0.25, 0.3) is 0 Å². The highest BCUT2D eigenvalue weighted by Crippen LogP contribution is 2.31. The largest absolute Gasteiger partial charge is 0.491 e. The lowest BCUT2D eigenvalue weighted by atomic mass is 9.97. The van der Waals surface area contributed by atoms with Gasteiger partial charge in [-0.2, -0.15) is 0 Å². The first kappa shape index (κ1) is 13.5. The maximum Gasteiger partial charge on any atom is 0.128 e. The first-order chi connectivity index (χ1) is 10.3. The zero-order valence-corrected chi connectivity index (χ0v) is 12.2. The molecule has 108 valence electrons. The molecule has 1 aromatic carbocycles. The van der Waals surface area contributed by atoms with Gasteiger partial charge in [0.15, 0.2) is 0 Å². The van der Waals surface area contributed by atoms with Crippen LogP contribution in [0.4, 0.5) is 0 Å². The fourth-order valence-electron chi connectivity index (χ4n) is 2.42. The SMILES string of the molecule is CC(C)c1ccc(OCCn2ccnn2)c2cnccc12. The van der Waals surface area contributed by atoms with Crippen LogP contribution in [0, 0.1) is 0 Å². The molecule has 0 spiro atoms. The van der Waals surface area contributed by atoms with Crippen LogP contribution in [0.5, 0.6) is 5.75 Å². The van der Waals surface area contributed by atoms with Crippen molar-refractivity contribution in [1.29, 1.82) is 0 Å². The minimum atomic E-state index is 0.471. The van der Waals surface area contributed by atoms with Crippen molar-refractivity contribution in [2.24, 2.45) is 0 Å². The normalized spacial score (nSPS) is 11.2. The molecular weight excluding hydrogens is 264 g/mol. The molecule has 3 aromatic rings. The second-order valence-electron chi connectivity index (χ2n) is 5.24. The van der Waals surface area contributed by atoms with Crippen molar-refractivity contribution in [2.45, 2.75) is 26.3 Å². The summed E-state index contributed by atoms with van der Waals surface area (Å²) in [6.45, 7) is 5.61. The zero-order valence-electron chi connectivity index (χ0n) is 12.2. The van der Waals surface area contributed by atoms with Gasteiger partial charge >= 0.3 is 0 Å². The summed E-state index contributed by atoms with van der Waals surface area (Å²) < 4.78 is 7.65. The Morgan fingerprint density at radius 3 is 2.81 bits per heavy atom. The third kappa shape index (κ3) is 2.86. The summed E-state index contributed by atoms with van der Waals surface area (Å²) in [5.74, 6) is 1.33. The number of fused-ring (bicyclic) bond motifs is 1. The number of pyridine rings is 1. The van der Waals surface area contributed by atoms with Gasteiger partial charge in [-0.1, -0.05) is 25.1 Å². The van der Waals surface area contributed by atoms with E-state index in [0.29, 0.717) is 19.1 Å². The highest BCUT2D eigenvalue weighted by molar-refractivity contribution is 5.90. The minimum Gasteiger partial charge on any atom is -0.491 e. The third-order valence-corrected chi connectivity index (χ3v) is 3.48. The number of rotatable bonds is 5. The Hall–Kier alpha value is -2.43. The van der Waals surface area contributed by atoms with E-state index >= 15 is 0 Å². The van der Waals surface area contributed by atoms with Gasteiger partial charge in [-0.3, -0.25) is 4.98 Å². The Morgan fingerprint density at radius 1 is 1.14 bits per heavy atom. The predicted molar refractivity (Wildman–Crippen MR) is 81.3 cm³/mol. The van der Waals surface area contributed by atoms with Crippen molar-refractivity contribution < 1.29 is 4.74 Å². The van der Waals surface area contributed by atoms with Crippen LogP contribution < -0.4 is 4.74 Å². The number of aromatic nitrogens is 4. The first-order valence-electron chi connectivity index (χ1n) is 7.09. The molecule has 2 aromatic heterocycles. The van der Waals surface area contributed by atoms with Gasteiger partial charge in [-0.25, -0.2) is 4.68 Å². The Kier molecular flexibility index (Phi) is 3.81. The summed E-state index contributed by atoms with van der Waals surface area (Å²) in [6.07, 6.45) is 7.18. The molecule has 0 saturated carbocycles. The smallest absolute Gasteiger partial charge is 0.128 e. The van der Waals surface area contributed by atoms with Crippen molar-refractivity contribution >= 4 is 10.8 Å². The number of hydrogen-bond donors (Lipinski definition) is 0. The molecule has 5 heteroatoms. The van der Waals surface area contributed by atoms with E-state index in [4.69, 9.17) is 4.74 Å². The lowest BCUT2D eigenvalue weighted by Gasteiger charge is -2.14. The van der Waals surface area contributed by atoms with Crippen LogP contribution in [-0.4, -0.2) is 26.6 Å². The summed E-state index contributed by atoms with van der Waals surface area (Å²) >= 11 is 0. The van der Waals surface area contributed by atoms with E-state index in [-0.39, 0.29) is 0 Å². The molecule has 3 rings (SSSR count). The highest BCUT2D eigenvalue weighted by Gasteiger charge is 2.09. The Balaban J connectivity index is 1.84. The summed E-state index contributed by atoms with van der Waals surface area (Å²) in [6, 6.07) is 6.22.